The molecule has 0 aromatic carbocycles. The summed E-state index contributed by atoms with van der Waals surface area (Å²) in [5, 5.41) is 8.93. The van der Waals surface area contributed by atoms with Crippen molar-refractivity contribution in [2.24, 2.45) is 0 Å². The van der Waals surface area contributed by atoms with Gasteiger partial charge in [0.1, 0.15) is 5.82 Å². The molecular weight excluding hydrogens is 256 g/mol. The standard InChI is InChI=1S/C14H26N4S/c1-4-9-18-14(13(15)10(3)17-18)16-11-7-6-8-12(11)19-5-2/h11-12,16H,4-9,15H2,1-3H3. The predicted molar refractivity (Wildman–Crippen MR) is 84.8 cm³/mol. The van der Waals surface area contributed by atoms with Gasteiger partial charge in [0, 0.05) is 17.8 Å². The summed E-state index contributed by atoms with van der Waals surface area (Å²) in [4.78, 5) is 0. The van der Waals surface area contributed by atoms with E-state index in [1.54, 1.807) is 0 Å². The molecule has 1 fully saturated rings. The summed E-state index contributed by atoms with van der Waals surface area (Å²) in [7, 11) is 0. The number of thioether (sulfide) groups is 1. The Balaban J connectivity index is 2.13. The van der Waals surface area contributed by atoms with Crippen LogP contribution in [-0.2, 0) is 6.54 Å². The van der Waals surface area contributed by atoms with Gasteiger partial charge in [-0.1, -0.05) is 20.3 Å². The minimum Gasteiger partial charge on any atom is -0.394 e. The van der Waals surface area contributed by atoms with Crippen LogP contribution in [0.2, 0.25) is 0 Å². The maximum atomic E-state index is 6.18. The highest BCUT2D eigenvalue weighted by Crippen LogP contribution is 2.34. The average Bonchev–Trinajstić information content (AvgIpc) is 2.92. The fourth-order valence-electron chi connectivity index (χ4n) is 2.80. The van der Waals surface area contributed by atoms with E-state index < -0.39 is 0 Å². The lowest BCUT2D eigenvalue weighted by Crippen LogP contribution is -2.28. The third-order valence-electron chi connectivity index (χ3n) is 3.76. The number of nitrogens with zero attached hydrogens (tertiary/aromatic N) is 2. The first-order valence-electron chi connectivity index (χ1n) is 7.38. The molecule has 0 aliphatic heterocycles. The molecule has 4 nitrogen and oxygen atoms in total. The van der Waals surface area contributed by atoms with Gasteiger partial charge >= 0.3 is 0 Å². The normalized spacial score (nSPS) is 22.9. The summed E-state index contributed by atoms with van der Waals surface area (Å²) >= 11 is 2.07. The fraction of sp³-hybridized carbons (Fsp3) is 0.786. The molecule has 19 heavy (non-hydrogen) atoms. The third kappa shape index (κ3) is 3.19. The first kappa shape index (κ1) is 14.6. The van der Waals surface area contributed by atoms with Crippen molar-refractivity contribution in [2.45, 2.75) is 64.3 Å². The zero-order valence-electron chi connectivity index (χ0n) is 12.3. The van der Waals surface area contributed by atoms with Crippen molar-refractivity contribution in [3.05, 3.63) is 5.69 Å². The van der Waals surface area contributed by atoms with Crippen molar-refractivity contribution in [3.8, 4) is 0 Å². The van der Waals surface area contributed by atoms with Crippen molar-refractivity contribution in [3.63, 3.8) is 0 Å². The van der Waals surface area contributed by atoms with Crippen molar-refractivity contribution < 1.29 is 0 Å². The third-order valence-corrected chi connectivity index (χ3v) is 5.09. The molecule has 1 heterocycles. The Kier molecular flexibility index (Phi) is 5.02. The van der Waals surface area contributed by atoms with E-state index in [-0.39, 0.29) is 0 Å². The van der Waals surface area contributed by atoms with Gasteiger partial charge in [-0.2, -0.15) is 16.9 Å². The van der Waals surface area contributed by atoms with Crippen molar-refractivity contribution in [2.75, 3.05) is 16.8 Å². The van der Waals surface area contributed by atoms with Gasteiger partial charge in [0.25, 0.3) is 0 Å². The van der Waals surface area contributed by atoms with Gasteiger partial charge in [0.05, 0.1) is 11.4 Å². The van der Waals surface area contributed by atoms with Crippen LogP contribution in [0.4, 0.5) is 11.5 Å². The Morgan fingerprint density at radius 3 is 2.89 bits per heavy atom. The molecule has 1 aromatic rings. The van der Waals surface area contributed by atoms with Gasteiger partial charge in [0.2, 0.25) is 0 Å². The minimum atomic E-state index is 0.541. The van der Waals surface area contributed by atoms with E-state index in [1.807, 2.05) is 11.6 Å². The van der Waals surface area contributed by atoms with Crippen LogP contribution < -0.4 is 11.1 Å². The topological polar surface area (TPSA) is 55.9 Å². The zero-order chi connectivity index (χ0) is 13.8. The molecule has 1 aliphatic carbocycles. The SMILES string of the molecule is CCCn1nc(C)c(N)c1NC1CCCC1SCC. The molecule has 2 unspecified atom stereocenters. The molecule has 0 bridgehead atoms. The summed E-state index contributed by atoms with van der Waals surface area (Å²) in [6.07, 6.45) is 4.95. The minimum absolute atomic E-state index is 0.541. The largest absolute Gasteiger partial charge is 0.394 e. The Bertz CT molecular complexity index is 416. The molecule has 2 rings (SSSR count). The number of nitrogens with one attached hydrogen (secondary N) is 1. The lowest BCUT2D eigenvalue weighted by atomic mass is 10.2. The zero-order valence-corrected chi connectivity index (χ0v) is 13.1. The Hall–Kier alpha value is -0.840. The average molecular weight is 282 g/mol. The number of nitrogen functional groups attached to an aromatic ring is 1. The number of hydrogen-bond acceptors (Lipinski definition) is 4. The lowest BCUT2D eigenvalue weighted by molar-refractivity contribution is 0.596. The van der Waals surface area contributed by atoms with Gasteiger partial charge in [0.15, 0.2) is 0 Å². The van der Waals surface area contributed by atoms with E-state index in [4.69, 9.17) is 5.73 Å². The summed E-state index contributed by atoms with van der Waals surface area (Å²) in [6.45, 7) is 7.32. The maximum absolute atomic E-state index is 6.18. The molecule has 2 atom stereocenters. The van der Waals surface area contributed by atoms with E-state index in [0.29, 0.717) is 6.04 Å². The molecule has 1 aliphatic rings. The number of nitrogens with two attached hydrogens (primary N) is 1. The molecule has 0 saturated heterocycles. The van der Waals surface area contributed by atoms with E-state index in [0.717, 1.165) is 35.4 Å². The van der Waals surface area contributed by atoms with Crippen molar-refractivity contribution >= 4 is 23.3 Å². The van der Waals surface area contributed by atoms with Gasteiger partial charge in [-0.3, -0.25) is 0 Å². The Labute approximate surface area is 120 Å². The second-order valence-electron chi connectivity index (χ2n) is 5.25. The number of aromatic nitrogens is 2. The van der Waals surface area contributed by atoms with Crippen LogP contribution in [0.3, 0.4) is 0 Å². The second-order valence-corrected chi connectivity index (χ2v) is 6.76. The van der Waals surface area contributed by atoms with Crippen LogP contribution in [0.15, 0.2) is 0 Å². The first-order chi connectivity index (χ1) is 9.17. The van der Waals surface area contributed by atoms with Gasteiger partial charge in [-0.25, -0.2) is 4.68 Å². The van der Waals surface area contributed by atoms with Crippen LogP contribution in [0.1, 0.15) is 45.2 Å². The van der Waals surface area contributed by atoms with E-state index >= 15 is 0 Å². The van der Waals surface area contributed by atoms with E-state index in [2.05, 4.69) is 36.0 Å². The first-order valence-corrected chi connectivity index (χ1v) is 8.43. The van der Waals surface area contributed by atoms with Crippen LogP contribution in [-0.4, -0.2) is 26.8 Å². The summed E-state index contributed by atoms with van der Waals surface area (Å²) in [5.41, 5.74) is 7.94. The Morgan fingerprint density at radius 1 is 1.42 bits per heavy atom. The molecule has 1 aromatic heterocycles. The molecule has 0 spiro atoms. The maximum Gasteiger partial charge on any atom is 0.148 e. The molecule has 0 amide bonds. The molecule has 5 heteroatoms. The van der Waals surface area contributed by atoms with Gasteiger partial charge in [-0.15, -0.1) is 0 Å². The molecule has 0 radical (unpaired) electrons. The Morgan fingerprint density at radius 2 is 2.21 bits per heavy atom. The van der Waals surface area contributed by atoms with E-state index in [1.165, 1.54) is 25.0 Å². The summed E-state index contributed by atoms with van der Waals surface area (Å²) in [6, 6.07) is 0.541. The van der Waals surface area contributed by atoms with Crippen LogP contribution in [0, 0.1) is 6.92 Å². The number of rotatable bonds is 6. The second kappa shape index (κ2) is 6.55. The van der Waals surface area contributed by atoms with Crippen molar-refractivity contribution in [1.29, 1.82) is 0 Å². The summed E-state index contributed by atoms with van der Waals surface area (Å²) < 4.78 is 2.04. The van der Waals surface area contributed by atoms with Gasteiger partial charge in [-0.05, 0) is 31.9 Å². The van der Waals surface area contributed by atoms with Crippen molar-refractivity contribution in [1.82, 2.24) is 9.78 Å². The predicted octanol–water partition coefficient (Wildman–Crippen LogP) is 3.27. The van der Waals surface area contributed by atoms with Gasteiger partial charge < -0.3 is 11.1 Å². The fourth-order valence-corrected chi connectivity index (χ4v) is 4.00. The molecular formula is C14H26N4S. The van der Waals surface area contributed by atoms with Crippen LogP contribution in [0.5, 0.6) is 0 Å². The highest BCUT2D eigenvalue weighted by molar-refractivity contribution is 7.99. The number of aryl methyl sites for hydroxylation is 2. The summed E-state index contributed by atoms with van der Waals surface area (Å²) in [5.74, 6) is 2.22. The molecule has 3 N–H and O–H groups in total. The quantitative estimate of drug-likeness (QED) is 0.841. The lowest BCUT2D eigenvalue weighted by Gasteiger charge is -2.22. The molecule has 1 saturated carbocycles. The highest BCUT2D eigenvalue weighted by Gasteiger charge is 2.28. The number of anilines is 2. The number of hydrogen-bond donors (Lipinski definition) is 2. The van der Waals surface area contributed by atoms with Crippen LogP contribution >= 0.6 is 11.8 Å². The molecule has 108 valence electrons. The monoisotopic (exact) mass is 282 g/mol. The highest BCUT2D eigenvalue weighted by atomic mass is 32.2. The smallest absolute Gasteiger partial charge is 0.148 e. The van der Waals surface area contributed by atoms with E-state index in [9.17, 15) is 0 Å². The van der Waals surface area contributed by atoms with Crippen LogP contribution in [0.25, 0.3) is 0 Å².